The second-order valence-corrected chi connectivity index (χ2v) is 7.58. The number of benzene rings is 1. The maximum absolute atomic E-state index is 11.6. The van der Waals surface area contributed by atoms with Crippen LogP contribution < -0.4 is 10.5 Å². The molecule has 0 bridgehead atoms. The molecule has 3 rings (SSSR count). The van der Waals surface area contributed by atoms with E-state index in [1.54, 1.807) is 26.2 Å². The molecule has 1 aromatic carbocycles. The quantitative estimate of drug-likeness (QED) is 0.735. The van der Waals surface area contributed by atoms with Gasteiger partial charge in [0.05, 0.1) is 18.4 Å². The van der Waals surface area contributed by atoms with Crippen molar-refractivity contribution >= 4 is 32.3 Å². The standard InChI is InChI=1S/C14H17N5O3S/c1-3-23(20,21)7-6-12-17-13-10-5-4-9(22-2)8-11(10)16-14(15)19(13)18-12/h4-5,8H,3,6-7H2,1-2H3,(H2,15,16). The number of nitrogens with two attached hydrogens (primary N) is 1. The predicted octanol–water partition coefficient (Wildman–Crippen LogP) is 0.845. The zero-order chi connectivity index (χ0) is 16.6. The summed E-state index contributed by atoms with van der Waals surface area (Å²) in [5, 5.41) is 5.04. The number of sulfone groups is 1. The van der Waals surface area contributed by atoms with Gasteiger partial charge in [-0.05, 0) is 12.1 Å². The lowest BCUT2D eigenvalue weighted by atomic mass is 10.2. The first-order chi connectivity index (χ1) is 10.9. The molecular weight excluding hydrogens is 318 g/mol. The lowest BCUT2D eigenvalue weighted by Crippen LogP contribution is -2.11. The Labute approximate surface area is 133 Å². The number of hydrogen-bond donors (Lipinski definition) is 1. The van der Waals surface area contributed by atoms with Crippen LogP contribution in [-0.2, 0) is 16.3 Å². The number of nitrogens with zero attached hydrogens (tertiary/aromatic N) is 4. The zero-order valence-corrected chi connectivity index (χ0v) is 13.7. The SMILES string of the molecule is CCS(=O)(=O)CCc1nc2c3ccc(OC)cc3nc(N)n2n1. The molecule has 0 aliphatic rings. The van der Waals surface area contributed by atoms with Gasteiger partial charge in [-0.15, -0.1) is 5.10 Å². The number of nitrogen functional groups attached to an aromatic ring is 1. The van der Waals surface area contributed by atoms with Crippen LogP contribution in [-0.4, -0.2) is 46.6 Å². The smallest absolute Gasteiger partial charge is 0.223 e. The molecule has 0 amide bonds. The van der Waals surface area contributed by atoms with Crippen molar-refractivity contribution in [2.24, 2.45) is 0 Å². The van der Waals surface area contributed by atoms with E-state index >= 15 is 0 Å². The Bertz CT molecular complexity index is 981. The van der Waals surface area contributed by atoms with Crippen molar-refractivity contribution in [1.29, 1.82) is 0 Å². The van der Waals surface area contributed by atoms with E-state index in [1.807, 2.05) is 6.07 Å². The normalized spacial score (nSPS) is 12.1. The number of fused-ring (bicyclic) bond motifs is 3. The van der Waals surface area contributed by atoms with Crippen molar-refractivity contribution in [3.63, 3.8) is 0 Å². The maximum atomic E-state index is 11.6. The van der Waals surface area contributed by atoms with Gasteiger partial charge in [-0.25, -0.2) is 18.4 Å². The van der Waals surface area contributed by atoms with Crippen molar-refractivity contribution in [3.8, 4) is 5.75 Å². The first-order valence-corrected chi connectivity index (χ1v) is 8.95. The second-order valence-electron chi connectivity index (χ2n) is 5.10. The highest BCUT2D eigenvalue weighted by atomic mass is 32.2. The summed E-state index contributed by atoms with van der Waals surface area (Å²) in [7, 11) is -1.49. The van der Waals surface area contributed by atoms with E-state index in [2.05, 4.69) is 15.1 Å². The molecule has 0 atom stereocenters. The summed E-state index contributed by atoms with van der Waals surface area (Å²) in [5.41, 5.74) is 7.13. The van der Waals surface area contributed by atoms with Crippen LogP contribution in [0, 0.1) is 0 Å². The molecule has 0 radical (unpaired) electrons. The van der Waals surface area contributed by atoms with Gasteiger partial charge in [0.2, 0.25) is 5.95 Å². The molecule has 0 spiro atoms. The molecule has 0 saturated carbocycles. The largest absolute Gasteiger partial charge is 0.497 e. The van der Waals surface area contributed by atoms with Gasteiger partial charge < -0.3 is 10.5 Å². The second kappa shape index (κ2) is 5.65. The van der Waals surface area contributed by atoms with Crippen LogP contribution in [0.5, 0.6) is 5.75 Å². The van der Waals surface area contributed by atoms with Gasteiger partial charge in [-0.1, -0.05) is 6.92 Å². The Morgan fingerprint density at radius 1 is 1.30 bits per heavy atom. The topological polar surface area (TPSA) is 112 Å². The predicted molar refractivity (Wildman–Crippen MR) is 87.3 cm³/mol. The van der Waals surface area contributed by atoms with Gasteiger partial charge in [-0.2, -0.15) is 4.52 Å². The van der Waals surface area contributed by atoms with Gasteiger partial charge in [-0.3, -0.25) is 0 Å². The summed E-state index contributed by atoms with van der Waals surface area (Å²) in [6, 6.07) is 5.40. The van der Waals surface area contributed by atoms with Gasteiger partial charge in [0.1, 0.15) is 15.6 Å². The Morgan fingerprint density at radius 2 is 2.09 bits per heavy atom. The Kier molecular flexibility index (Phi) is 3.80. The van der Waals surface area contributed by atoms with Gasteiger partial charge in [0.15, 0.2) is 11.5 Å². The average Bonchev–Trinajstić information content (AvgIpc) is 2.98. The highest BCUT2D eigenvalue weighted by molar-refractivity contribution is 7.91. The Morgan fingerprint density at radius 3 is 2.78 bits per heavy atom. The van der Waals surface area contributed by atoms with Crippen LogP contribution in [0.1, 0.15) is 12.7 Å². The molecule has 0 aliphatic carbocycles. The summed E-state index contributed by atoms with van der Waals surface area (Å²) >= 11 is 0. The number of ether oxygens (including phenoxy) is 1. The first-order valence-electron chi connectivity index (χ1n) is 7.13. The molecule has 3 aromatic rings. The van der Waals surface area contributed by atoms with Crippen LogP contribution in [0.2, 0.25) is 0 Å². The van der Waals surface area contributed by atoms with Gasteiger partial charge in [0, 0.05) is 23.6 Å². The number of aromatic nitrogens is 4. The molecule has 0 unspecified atom stereocenters. The Hall–Kier alpha value is -2.42. The fourth-order valence-corrected chi connectivity index (χ4v) is 3.06. The minimum atomic E-state index is -3.07. The van der Waals surface area contributed by atoms with Crippen LogP contribution in [0.4, 0.5) is 5.95 Å². The highest BCUT2D eigenvalue weighted by Crippen LogP contribution is 2.23. The number of hydrogen-bond acceptors (Lipinski definition) is 7. The molecule has 2 aromatic heterocycles. The number of anilines is 1. The highest BCUT2D eigenvalue weighted by Gasteiger charge is 2.15. The molecule has 0 aliphatic heterocycles. The average molecular weight is 335 g/mol. The van der Waals surface area contributed by atoms with Gasteiger partial charge in [0.25, 0.3) is 0 Å². The summed E-state index contributed by atoms with van der Waals surface area (Å²) < 4.78 is 29.9. The van der Waals surface area contributed by atoms with Gasteiger partial charge >= 0.3 is 0 Å². The molecule has 9 heteroatoms. The summed E-state index contributed by atoms with van der Waals surface area (Å²) in [4.78, 5) is 8.71. The minimum Gasteiger partial charge on any atom is -0.497 e. The third kappa shape index (κ3) is 2.91. The van der Waals surface area contributed by atoms with Crippen LogP contribution >= 0.6 is 0 Å². The molecule has 122 valence electrons. The lowest BCUT2D eigenvalue weighted by molar-refractivity contribution is 0.415. The summed E-state index contributed by atoms with van der Waals surface area (Å²) in [5.74, 6) is 1.41. The number of aryl methyl sites for hydroxylation is 1. The summed E-state index contributed by atoms with van der Waals surface area (Å²) in [6.45, 7) is 1.62. The Balaban J connectivity index is 2.08. The van der Waals surface area contributed by atoms with Crippen molar-refractivity contribution < 1.29 is 13.2 Å². The number of methoxy groups -OCH3 is 1. The van der Waals surface area contributed by atoms with Crippen molar-refractivity contribution in [3.05, 3.63) is 24.0 Å². The van der Waals surface area contributed by atoms with Crippen molar-refractivity contribution in [1.82, 2.24) is 19.6 Å². The van der Waals surface area contributed by atoms with E-state index in [-0.39, 0.29) is 23.9 Å². The molecule has 23 heavy (non-hydrogen) atoms. The van der Waals surface area contributed by atoms with Crippen LogP contribution in [0.3, 0.4) is 0 Å². The van der Waals surface area contributed by atoms with E-state index in [0.29, 0.717) is 22.7 Å². The molecule has 2 heterocycles. The molecule has 8 nitrogen and oxygen atoms in total. The third-order valence-corrected chi connectivity index (χ3v) is 5.33. The van der Waals surface area contributed by atoms with E-state index in [4.69, 9.17) is 10.5 Å². The van der Waals surface area contributed by atoms with Crippen molar-refractivity contribution in [2.75, 3.05) is 24.3 Å². The van der Waals surface area contributed by atoms with E-state index in [1.165, 1.54) is 4.52 Å². The maximum Gasteiger partial charge on any atom is 0.223 e. The van der Waals surface area contributed by atoms with E-state index < -0.39 is 9.84 Å². The zero-order valence-electron chi connectivity index (χ0n) is 12.9. The molecule has 0 fully saturated rings. The van der Waals surface area contributed by atoms with Crippen molar-refractivity contribution in [2.45, 2.75) is 13.3 Å². The van der Waals surface area contributed by atoms with E-state index in [0.717, 1.165) is 5.39 Å². The first kappa shape index (κ1) is 15.5. The third-order valence-electron chi connectivity index (χ3n) is 3.63. The molecule has 0 saturated heterocycles. The lowest BCUT2D eigenvalue weighted by Gasteiger charge is -2.04. The number of rotatable bonds is 5. The van der Waals surface area contributed by atoms with Crippen LogP contribution in [0.25, 0.3) is 16.6 Å². The van der Waals surface area contributed by atoms with E-state index in [9.17, 15) is 8.42 Å². The fourth-order valence-electron chi connectivity index (χ4n) is 2.28. The summed E-state index contributed by atoms with van der Waals surface area (Å²) in [6.07, 6.45) is 0.245. The molecular formula is C14H17N5O3S. The minimum absolute atomic E-state index is 0.0134. The fraction of sp³-hybridized carbons (Fsp3) is 0.357. The monoisotopic (exact) mass is 335 g/mol. The molecule has 2 N–H and O–H groups in total. The van der Waals surface area contributed by atoms with Crippen LogP contribution in [0.15, 0.2) is 18.2 Å².